The van der Waals surface area contributed by atoms with Gasteiger partial charge < -0.3 is 10.6 Å². The molecular formula is C12H14Cl2F3N3. The molecule has 0 unspecified atom stereocenters. The maximum atomic E-state index is 12.3. The van der Waals surface area contributed by atoms with Gasteiger partial charge in [0, 0.05) is 31.9 Å². The Labute approximate surface area is 125 Å². The van der Waals surface area contributed by atoms with Crippen LogP contribution in [0.25, 0.3) is 0 Å². The van der Waals surface area contributed by atoms with Gasteiger partial charge >= 0.3 is 6.18 Å². The Bertz CT molecular complexity index is 462. The Morgan fingerprint density at radius 1 is 1.05 bits per heavy atom. The van der Waals surface area contributed by atoms with E-state index in [9.17, 15) is 13.2 Å². The van der Waals surface area contributed by atoms with Crippen LogP contribution in [0.15, 0.2) is 12.1 Å². The standard InChI is InChI=1S/C12H14Cl2F3N3/c13-9-5-8(18)6-10(14)11(9)20-3-1-19(2-4-20)7-12(15,16)17/h5-6H,1-4,7,18H2. The zero-order chi connectivity index (χ0) is 14.9. The molecule has 0 aromatic heterocycles. The van der Waals surface area contributed by atoms with Crippen LogP contribution in [0.3, 0.4) is 0 Å². The summed E-state index contributed by atoms with van der Waals surface area (Å²) in [7, 11) is 0. The highest BCUT2D eigenvalue weighted by Gasteiger charge is 2.32. The molecule has 0 bridgehead atoms. The number of alkyl halides is 3. The molecule has 1 aromatic rings. The first-order chi connectivity index (χ1) is 9.26. The van der Waals surface area contributed by atoms with Crippen molar-refractivity contribution >= 4 is 34.6 Å². The van der Waals surface area contributed by atoms with Crippen LogP contribution in [0.2, 0.25) is 10.0 Å². The van der Waals surface area contributed by atoms with Gasteiger partial charge in [-0.25, -0.2) is 0 Å². The monoisotopic (exact) mass is 327 g/mol. The molecule has 3 nitrogen and oxygen atoms in total. The quantitative estimate of drug-likeness (QED) is 0.846. The summed E-state index contributed by atoms with van der Waals surface area (Å²) in [5, 5.41) is 0.832. The molecule has 0 amide bonds. The predicted molar refractivity (Wildman–Crippen MR) is 75.6 cm³/mol. The summed E-state index contributed by atoms with van der Waals surface area (Å²) in [6.45, 7) is 0.635. The van der Waals surface area contributed by atoms with Crippen molar-refractivity contribution in [3.05, 3.63) is 22.2 Å². The predicted octanol–water partition coefficient (Wildman–Crippen LogP) is 3.26. The first-order valence-corrected chi connectivity index (χ1v) is 6.80. The van der Waals surface area contributed by atoms with Gasteiger partial charge in [-0.05, 0) is 12.1 Å². The molecule has 0 radical (unpaired) electrons. The fourth-order valence-corrected chi connectivity index (χ4v) is 3.01. The van der Waals surface area contributed by atoms with Gasteiger partial charge in [0.05, 0.1) is 22.3 Å². The molecule has 1 aromatic carbocycles. The zero-order valence-electron chi connectivity index (χ0n) is 10.6. The average Bonchev–Trinajstić information content (AvgIpc) is 2.28. The molecule has 0 atom stereocenters. The number of rotatable bonds is 2. The smallest absolute Gasteiger partial charge is 0.399 e. The highest BCUT2D eigenvalue weighted by Crippen LogP contribution is 2.36. The molecule has 1 aliphatic heterocycles. The van der Waals surface area contributed by atoms with Crippen LogP contribution >= 0.6 is 23.2 Å². The van der Waals surface area contributed by atoms with E-state index in [1.165, 1.54) is 4.90 Å². The van der Waals surface area contributed by atoms with Crippen LogP contribution < -0.4 is 10.6 Å². The third kappa shape index (κ3) is 3.84. The number of hydrogen-bond donors (Lipinski definition) is 1. The van der Waals surface area contributed by atoms with Crippen LogP contribution in [-0.2, 0) is 0 Å². The maximum absolute atomic E-state index is 12.3. The summed E-state index contributed by atoms with van der Waals surface area (Å²) < 4.78 is 37.0. The van der Waals surface area contributed by atoms with Crippen molar-refractivity contribution in [3.63, 3.8) is 0 Å². The summed E-state index contributed by atoms with van der Waals surface area (Å²) in [5.41, 5.74) is 6.72. The minimum atomic E-state index is -4.17. The Morgan fingerprint density at radius 3 is 2.00 bits per heavy atom. The first-order valence-electron chi connectivity index (χ1n) is 6.05. The summed E-state index contributed by atoms with van der Waals surface area (Å²) in [6, 6.07) is 3.18. The molecule has 1 aliphatic rings. The minimum absolute atomic E-state index is 0.316. The molecule has 0 saturated carbocycles. The van der Waals surface area contributed by atoms with Gasteiger partial charge in [-0.2, -0.15) is 13.2 Å². The zero-order valence-corrected chi connectivity index (χ0v) is 12.1. The van der Waals surface area contributed by atoms with Crippen LogP contribution in [0.1, 0.15) is 0 Å². The SMILES string of the molecule is Nc1cc(Cl)c(N2CCN(CC(F)(F)F)CC2)c(Cl)c1. The second-order valence-electron chi connectivity index (χ2n) is 4.71. The lowest BCUT2D eigenvalue weighted by Crippen LogP contribution is -2.49. The third-order valence-electron chi connectivity index (χ3n) is 3.13. The first kappa shape index (κ1) is 15.5. The Morgan fingerprint density at radius 2 is 1.55 bits per heavy atom. The molecule has 20 heavy (non-hydrogen) atoms. The summed E-state index contributed by atoms with van der Waals surface area (Å²) in [6.07, 6.45) is -4.17. The van der Waals surface area contributed by atoms with Crippen LogP contribution in [0.5, 0.6) is 0 Å². The van der Waals surface area contributed by atoms with E-state index in [-0.39, 0.29) is 0 Å². The Balaban J connectivity index is 2.04. The number of benzene rings is 1. The van der Waals surface area contributed by atoms with Gasteiger partial charge in [0.2, 0.25) is 0 Å². The summed E-state index contributed by atoms with van der Waals surface area (Å²) >= 11 is 12.2. The van der Waals surface area contributed by atoms with Crippen LogP contribution in [0.4, 0.5) is 24.5 Å². The van der Waals surface area contributed by atoms with Crippen LogP contribution in [-0.4, -0.2) is 43.8 Å². The Hall–Kier alpha value is -0.850. The van der Waals surface area contributed by atoms with E-state index >= 15 is 0 Å². The van der Waals surface area contributed by atoms with Crippen molar-refractivity contribution in [3.8, 4) is 0 Å². The number of nitrogens with zero attached hydrogens (tertiary/aromatic N) is 2. The number of anilines is 2. The number of halogens is 5. The number of nitrogen functional groups attached to an aromatic ring is 1. The van der Waals surface area contributed by atoms with Crippen molar-refractivity contribution in [2.24, 2.45) is 0 Å². The van der Waals surface area contributed by atoms with Gasteiger partial charge in [0.15, 0.2) is 0 Å². The molecule has 1 fully saturated rings. The third-order valence-corrected chi connectivity index (χ3v) is 3.71. The van der Waals surface area contributed by atoms with Crippen molar-refractivity contribution < 1.29 is 13.2 Å². The number of piperazine rings is 1. The van der Waals surface area contributed by atoms with Crippen molar-refractivity contribution in [2.75, 3.05) is 43.4 Å². The number of nitrogens with two attached hydrogens (primary N) is 1. The fourth-order valence-electron chi connectivity index (χ4n) is 2.27. The second kappa shape index (κ2) is 5.87. The van der Waals surface area contributed by atoms with E-state index in [1.54, 1.807) is 12.1 Å². The molecule has 112 valence electrons. The van der Waals surface area contributed by atoms with Crippen molar-refractivity contribution in [1.82, 2.24) is 4.90 Å². The Kier molecular flexibility index (Phi) is 4.56. The molecular weight excluding hydrogens is 314 g/mol. The lowest BCUT2D eigenvalue weighted by molar-refractivity contribution is -0.146. The van der Waals surface area contributed by atoms with Gasteiger partial charge in [0.25, 0.3) is 0 Å². The van der Waals surface area contributed by atoms with E-state index in [1.807, 2.05) is 4.90 Å². The molecule has 1 heterocycles. The molecule has 2 N–H and O–H groups in total. The van der Waals surface area contributed by atoms with E-state index in [0.717, 1.165) is 0 Å². The molecule has 8 heteroatoms. The van der Waals surface area contributed by atoms with E-state index in [2.05, 4.69) is 0 Å². The van der Waals surface area contributed by atoms with Gasteiger partial charge in [0.1, 0.15) is 0 Å². The van der Waals surface area contributed by atoms with Crippen molar-refractivity contribution in [1.29, 1.82) is 0 Å². The second-order valence-corrected chi connectivity index (χ2v) is 5.53. The van der Waals surface area contributed by atoms with Gasteiger partial charge in [-0.3, -0.25) is 4.90 Å². The molecule has 0 aliphatic carbocycles. The maximum Gasteiger partial charge on any atom is 0.401 e. The summed E-state index contributed by atoms with van der Waals surface area (Å²) in [4.78, 5) is 3.26. The lowest BCUT2D eigenvalue weighted by Gasteiger charge is -2.37. The minimum Gasteiger partial charge on any atom is -0.399 e. The topological polar surface area (TPSA) is 32.5 Å². The van der Waals surface area contributed by atoms with Crippen LogP contribution in [0, 0.1) is 0 Å². The number of hydrogen-bond acceptors (Lipinski definition) is 3. The lowest BCUT2D eigenvalue weighted by atomic mass is 10.2. The van der Waals surface area contributed by atoms with E-state index < -0.39 is 12.7 Å². The molecule has 2 rings (SSSR count). The largest absolute Gasteiger partial charge is 0.401 e. The van der Waals surface area contributed by atoms with E-state index in [0.29, 0.717) is 47.6 Å². The highest BCUT2D eigenvalue weighted by atomic mass is 35.5. The van der Waals surface area contributed by atoms with Crippen molar-refractivity contribution in [2.45, 2.75) is 6.18 Å². The normalized spacial score (nSPS) is 17.6. The van der Waals surface area contributed by atoms with Gasteiger partial charge in [-0.1, -0.05) is 23.2 Å². The fraction of sp³-hybridized carbons (Fsp3) is 0.500. The summed E-state index contributed by atoms with van der Waals surface area (Å²) in [5.74, 6) is 0. The molecule has 0 spiro atoms. The van der Waals surface area contributed by atoms with Gasteiger partial charge in [-0.15, -0.1) is 0 Å². The van der Waals surface area contributed by atoms with E-state index in [4.69, 9.17) is 28.9 Å². The highest BCUT2D eigenvalue weighted by molar-refractivity contribution is 6.39. The molecule has 1 saturated heterocycles. The average molecular weight is 328 g/mol.